The number of hydrogen-bond acceptors (Lipinski definition) is 4. The highest BCUT2D eigenvalue weighted by Gasteiger charge is 2.37. The van der Waals surface area contributed by atoms with Crippen LogP contribution >= 0.6 is 0 Å². The number of urea groups is 1. The molecule has 1 unspecified atom stereocenters. The van der Waals surface area contributed by atoms with Crippen LogP contribution in [0.25, 0.3) is 0 Å². The van der Waals surface area contributed by atoms with Gasteiger partial charge in [-0.25, -0.2) is 4.79 Å². The first-order chi connectivity index (χ1) is 15.0. The topological polar surface area (TPSA) is 120 Å². The summed E-state index contributed by atoms with van der Waals surface area (Å²) < 4.78 is 0. The van der Waals surface area contributed by atoms with Crippen LogP contribution in [0.4, 0.5) is 4.79 Å². The Hall–Kier alpha value is -3.10. The molecule has 32 heavy (non-hydrogen) atoms. The van der Waals surface area contributed by atoms with Crippen molar-refractivity contribution in [1.29, 1.82) is 0 Å². The van der Waals surface area contributed by atoms with Crippen LogP contribution in [-0.4, -0.2) is 61.4 Å². The Kier molecular flexibility index (Phi) is 8.63. The number of amides is 5. The molecule has 0 spiro atoms. The molecule has 0 aromatic heterocycles. The third-order valence-corrected chi connectivity index (χ3v) is 5.48. The average Bonchev–Trinajstić information content (AvgIpc) is 2.74. The Labute approximate surface area is 189 Å². The van der Waals surface area contributed by atoms with Crippen LogP contribution in [0.5, 0.6) is 0 Å². The van der Waals surface area contributed by atoms with E-state index in [0.29, 0.717) is 19.6 Å². The standard InChI is InChI=1S/C23H35N5O4/c1-15(29)27-20(23(2,3)4)21(31)28-13-16-8-6-7-9-18(16)17(14-28)12-26-19(30)10-11-25-22(32)24-5/h6-9,17,20H,10-14H2,1-5H3,(H,26,30)(H,27,29)(H2,24,25,32)/t17?,20-/m1/s1. The van der Waals surface area contributed by atoms with E-state index in [-0.39, 0.29) is 42.6 Å². The van der Waals surface area contributed by atoms with Gasteiger partial charge in [-0.1, -0.05) is 45.0 Å². The van der Waals surface area contributed by atoms with Gasteiger partial charge in [0.25, 0.3) is 0 Å². The molecule has 1 aliphatic heterocycles. The summed E-state index contributed by atoms with van der Waals surface area (Å²) >= 11 is 0. The van der Waals surface area contributed by atoms with Crippen molar-refractivity contribution in [3.05, 3.63) is 35.4 Å². The van der Waals surface area contributed by atoms with Crippen molar-refractivity contribution in [1.82, 2.24) is 26.2 Å². The van der Waals surface area contributed by atoms with Crippen LogP contribution < -0.4 is 21.3 Å². The van der Waals surface area contributed by atoms with Gasteiger partial charge in [-0.3, -0.25) is 14.4 Å². The van der Waals surface area contributed by atoms with Gasteiger partial charge < -0.3 is 26.2 Å². The maximum atomic E-state index is 13.4. The van der Waals surface area contributed by atoms with E-state index < -0.39 is 11.5 Å². The molecule has 1 heterocycles. The van der Waals surface area contributed by atoms with Gasteiger partial charge in [-0.15, -0.1) is 0 Å². The molecule has 0 bridgehead atoms. The van der Waals surface area contributed by atoms with E-state index in [0.717, 1.165) is 11.1 Å². The Balaban J connectivity index is 2.10. The first-order valence-corrected chi connectivity index (χ1v) is 10.9. The lowest BCUT2D eigenvalue weighted by Crippen LogP contribution is -2.55. The predicted octanol–water partition coefficient (Wildman–Crippen LogP) is 1.10. The number of fused-ring (bicyclic) bond motifs is 1. The molecule has 0 fully saturated rings. The Morgan fingerprint density at radius 1 is 1.12 bits per heavy atom. The minimum atomic E-state index is -0.642. The average molecular weight is 446 g/mol. The molecule has 1 aromatic carbocycles. The van der Waals surface area contributed by atoms with Crippen LogP contribution in [0, 0.1) is 5.41 Å². The fourth-order valence-electron chi connectivity index (χ4n) is 3.79. The van der Waals surface area contributed by atoms with E-state index in [1.165, 1.54) is 14.0 Å². The second kappa shape index (κ2) is 11.0. The normalized spacial score (nSPS) is 16.4. The maximum absolute atomic E-state index is 13.4. The van der Waals surface area contributed by atoms with Crippen molar-refractivity contribution < 1.29 is 19.2 Å². The summed E-state index contributed by atoms with van der Waals surface area (Å²) in [4.78, 5) is 50.3. The second-order valence-electron chi connectivity index (χ2n) is 9.17. The van der Waals surface area contributed by atoms with Crippen LogP contribution in [0.2, 0.25) is 0 Å². The van der Waals surface area contributed by atoms with Gasteiger partial charge >= 0.3 is 6.03 Å². The number of nitrogens with zero attached hydrogens (tertiary/aromatic N) is 1. The molecule has 2 atom stereocenters. The summed E-state index contributed by atoms with van der Waals surface area (Å²) in [5, 5.41) is 10.7. The maximum Gasteiger partial charge on any atom is 0.314 e. The lowest BCUT2D eigenvalue weighted by atomic mass is 9.84. The van der Waals surface area contributed by atoms with Gasteiger partial charge in [-0.05, 0) is 16.5 Å². The van der Waals surface area contributed by atoms with Crippen molar-refractivity contribution >= 4 is 23.8 Å². The Bertz CT molecular complexity index is 849. The highest BCUT2D eigenvalue weighted by molar-refractivity contribution is 5.88. The van der Waals surface area contributed by atoms with E-state index >= 15 is 0 Å². The summed E-state index contributed by atoms with van der Waals surface area (Å²) in [5.74, 6) is -0.621. The van der Waals surface area contributed by atoms with Crippen molar-refractivity contribution in [2.75, 3.05) is 26.7 Å². The van der Waals surface area contributed by atoms with Gasteiger partial charge in [0.05, 0.1) is 0 Å². The van der Waals surface area contributed by atoms with Crippen molar-refractivity contribution in [2.45, 2.75) is 52.6 Å². The third kappa shape index (κ3) is 6.96. The summed E-state index contributed by atoms with van der Waals surface area (Å²) in [7, 11) is 1.51. The van der Waals surface area contributed by atoms with Gasteiger partial charge in [0.15, 0.2) is 0 Å². The summed E-state index contributed by atoms with van der Waals surface area (Å²) in [6.45, 7) is 8.70. The highest BCUT2D eigenvalue weighted by atomic mass is 16.2. The smallest absolute Gasteiger partial charge is 0.314 e. The molecule has 1 aromatic rings. The minimum Gasteiger partial charge on any atom is -0.355 e. The fraction of sp³-hybridized carbons (Fsp3) is 0.565. The monoisotopic (exact) mass is 445 g/mol. The quantitative estimate of drug-likeness (QED) is 0.502. The van der Waals surface area contributed by atoms with Gasteiger partial charge in [0.1, 0.15) is 6.04 Å². The van der Waals surface area contributed by atoms with Crippen LogP contribution in [0.3, 0.4) is 0 Å². The zero-order chi connectivity index (χ0) is 23.9. The molecule has 9 nitrogen and oxygen atoms in total. The van der Waals surface area contributed by atoms with E-state index in [2.05, 4.69) is 21.3 Å². The lowest BCUT2D eigenvalue weighted by molar-refractivity contribution is -0.140. The molecular weight excluding hydrogens is 410 g/mol. The summed E-state index contributed by atoms with van der Waals surface area (Å²) in [6.07, 6.45) is 0.166. The number of carbonyl (C=O) groups is 4. The first-order valence-electron chi connectivity index (χ1n) is 10.9. The summed E-state index contributed by atoms with van der Waals surface area (Å²) in [5.41, 5.74) is 1.69. The van der Waals surface area contributed by atoms with E-state index in [9.17, 15) is 19.2 Å². The van der Waals surface area contributed by atoms with Gasteiger partial charge in [0, 0.05) is 52.5 Å². The van der Waals surface area contributed by atoms with Crippen LogP contribution in [-0.2, 0) is 20.9 Å². The van der Waals surface area contributed by atoms with E-state index in [1.807, 2.05) is 45.0 Å². The van der Waals surface area contributed by atoms with Crippen LogP contribution in [0.15, 0.2) is 24.3 Å². The molecule has 9 heteroatoms. The molecule has 5 amide bonds. The number of benzene rings is 1. The molecule has 176 valence electrons. The molecule has 0 saturated heterocycles. The molecule has 2 rings (SSSR count). The molecule has 0 aliphatic carbocycles. The largest absolute Gasteiger partial charge is 0.355 e. The number of carbonyl (C=O) groups excluding carboxylic acids is 4. The predicted molar refractivity (Wildman–Crippen MR) is 122 cm³/mol. The highest BCUT2D eigenvalue weighted by Crippen LogP contribution is 2.30. The van der Waals surface area contributed by atoms with E-state index in [1.54, 1.807) is 4.90 Å². The molecule has 0 saturated carbocycles. The summed E-state index contributed by atoms with van der Waals surface area (Å²) in [6, 6.07) is 6.92. The zero-order valence-electron chi connectivity index (χ0n) is 19.6. The second-order valence-corrected chi connectivity index (χ2v) is 9.17. The van der Waals surface area contributed by atoms with Crippen molar-refractivity contribution in [2.24, 2.45) is 5.41 Å². The zero-order valence-corrected chi connectivity index (χ0v) is 19.6. The Morgan fingerprint density at radius 2 is 1.81 bits per heavy atom. The SMILES string of the molecule is CNC(=O)NCCC(=O)NCC1CN(C(=O)[C@@H](NC(C)=O)C(C)(C)C)Cc2ccccc21. The molecule has 4 N–H and O–H groups in total. The van der Waals surface area contributed by atoms with E-state index in [4.69, 9.17) is 0 Å². The lowest BCUT2D eigenvalue weighted by Gasteiger charge is -2.39. The molecule has 0 radical (unpaired) electrons. The van der Waals surface area contributed by atoms with Gasteiger partial charge in [0.2, 0.25) is 17.7 Å². The van der Waals surface area contributed by atoms with Crippen LogP contribution in [0.1, 0.15) is 51.2 Å². The van der Waals surface area contributed by atoms with Gasteiger partial charge in [-0.2, -0.15) is 0 Å². The van der Waals surface area contributed by atoms with Crippen molar-refractivity contribution in [3.8, 4) is 0 Å². The number of nitrogens with one attached hydrogen (secondary N) is 4. The number of rotatable bonds is 7. The fourth-order valence-corrected chi connectivity index (χ4v) is 3.79. The first kappa shape index (κ1) is 25.2. The molecule has 1 aliphatic rings. The minimum absolute atomic E-state index is 0.0716. The number of hydrogen-bond donors (Lipinski definition) is 4. The third-order valence-electron chi connectivity index (χ3n) is 5.48. The molecular formula is C23H35N5O4. The van der Waals surface area contributed by atoms with Crippen molar-refractivity contribution in [3.63, 3.8) is 0 Å². The Morgan fingerprint density at radius 3 is 2.44 bits per heavy atom.